The smallest absolute Gasteiger partial charge is 0.332 e. The molecule has 0 saturated carbocycles. The molecule has 0 aliphatic carbocycles. The molecule has 0 amide bonds. The van der Waals surface area contributed by atoms with Crippen molar-refractivity contribution in [3.05, 3.63) is 25.3 Å². The molecule has 0 saturated heterocycles. The second-order valence-electron chi connectivity index (χ2n) is 2.82. The predicted octanol–water partition coefficient (Wildman–Crippen LogP) is -0.486. The van der Waals surface area contributed by atoms with E-state index < -0.39 is 24.3 Å². The van der Waals surface area contributed by atoms with Crippen LogP contribution in [0.4, 0.5) is 0 Å². The van der Waals surface area contributed by atoms with Gasteiger partial charge in [-0.25, -0.2) is 9.59 Å². The van der Waals surface area contributed by atoms with E-state index in [9.17, 15) is 14.7 Å². The van der Waals surface area contributed by atoms with Gasteiger partial charge in [-0.1, -0.05) is 13.2 Å². The van der Waals surface area contributed by atoms with Crippen molar-refractivity contribution >= 4 is 11.9 Å². The van der Waals surface area contributed by atoms with Gasteiger partial charge < -0.3 is 19.7 Å². The maximum absolute atomic E-state index is 10.6. The topological polar surface area (TPSA) is 93.1 Å². The van der Waals surface area contributed by atoms with E-state index in [1.54, 1.807) is 0 Å². The van der Waals surface area contributed by atoms with E-state index in [0.29, 0.717) is 0 Å². The molecule has 90 valence electrons. The van der Waals surface area contributed by atoms with Crippen molar-refractivity contribution in [1.82, 2.24) is 0 Å². The molecular formula is C10H14O6. The van der Waals surface area contributed by atoms with E-state index >= 15 is 0 Å². The first-order valence-electron chi connectivity index (χ1n) is 4.48. The Bertz CT molecular complexity index is 272. The Labute approximate surface area is 92.8 Å². The van der Waals surface area contributed by atoms with Gasteiger partial charge >= 0.3 is 11.9 Å². The normalized spacial score (nSPS) is 13.4. The summed E-state index contributed by atoms with van der Waals surface area (Å²) in [6, 6.07) is 0. The number of rotatable bonds is 7. The maximum atomic E-state index is 10.6. The van der Waals surface area contributed by atoms with Crippen molar-refractivity contribution in [2.24, 2.45) is 0 Å². The lowest BCUT2D eigenvalue weighted by Crippen LogP contribution is -2.26. The summed E-state index contributed by atoms with van der Waals surface area (Å²) < 4.78 is 8.89. The molecule has 6 heteroatoms. The number of hydrogen-bond acceptors (Lipinski definition) is 6. The summed E-state index contributed by atoms with van der Waals surface area (Å²) in [4.78, 5) is 21.2. The largest absolute Gasteiger partial charge is 0.460 e. The van der Waals surface area contributed by atoms with E-state index in [0.717, 1.165) is 12.2 Å². The summed E-state index contributed by atoms with van der Waals surface area (Å²) in [5, 5.41) is 18.4. The number of esters is 2. The highest BCUT2D eigenvalue weighted by atomic mass is 16.6. The Kier molecular flexibility index (Phi) is 6.82. The molecule has 0 aromatic rings. The van der Waals surface area contributed by atoms with Gasteiger partial charge in [0.2, 0.25) is 6.29 Å². The Morgan fingerprint density at radius 3 is 2.25 bits per heavy atom. The second kappa shape index (κ2) is 7.61. The van der Waals surface area contributed by atoms with Gasteiger partial charge in [0.05, 0.1) is 6.10 Å². The van der Waals surface area contributed by atoms with Crippen molar-refractivity contribution in [1.29, 1.82) is 0 Å². The molecule has 0 spiro atoms. The SMILES string of the molecule is C=CC(=O)OCC(O)CC(O)OC(=O)C=C. The van der Waals surface area contributed by atoms with Gasteiger partial charge in [0, 0.05) is 18.6 Å². The minimum absolute atomic E-state index is 0.260. The van der Waals surface area contributed by atoms with Crippen LogP contribution in [0.2, 0.25) is 0 Å². The van der Waals surface area contributed by atoms with Crippen LogP contribution in [0.5, 0.6) is 0 Å². The van der Waals surface area contributed by atoms with E-state index in [-0.39, 0.29) is 13.0 Å². The summed E-state index contributed by atoms with van der Waals surface area (Å²) in [6.07, 6.45) is -1.03. The average molecular weight is 230 g/mol. The summed E-state index contributed by atoms with van der Waals surface area (Å²) in [5.41, 5.74) is 0. The standard InChI is InChI=1S/C10H14O6/c1-3-8(12)15-6-7(11)5-10(14)16-9(13)4-2/h3-4,7,10-11,14H,1-2,5-6H2. The third kappa shape index (κ3) is 6.74. The van der Waals surface area contributed by atoms with Crippen LogP contribution in [-0.4, -0.2) is 41.2 Å². The van der Waals surface area contributed by atoms with Gasteiger partial charge in [0.25, 0.3) is 0 Å². The number of carbonyl (C=O) groups excluding carboxylic acids is 2. The third-order valence-corrected chi connectivity index (χ3v) is 1.48. The summed E-state index contributed by atoms with van der Waals surface area (Å²) in [6.45, 7) is 5.99. The van der Waals surface area contributed by atoms with Crippen molar-refractivity contribution < 1.29 is 29.3 Å². The zero-order valence-corrected chi connectivity index (χ0v) is 8.67. The van der Waals surface area contributed by atoms with Gasteiger partial charge in [-0.3, -0.25) is 0 Å². The number of hydrogen-bond donors (Lipinski definition) is 2. The molecule has 16 heavy (non-hydrogen) atoms. The number of aliphatic hydroxyl groups excluding tert-OH is 2. The van der Waals surface area contributed by atoms with Gasteiger partial charge in [-0.05, 0) is 0 Å². The lowest BCUT2D eigenvalue weighted by molar-refractivity contribution is -0.168. The van der Waals surface area contributed by atoms with Crippen molar-refractivity contribution in [2.45, 2.75) is 18.8 Å². The molecule has 0 aliphatic rings. The van der Waals surface area contributed by atoms with Crippen LogP contribution in [0, 0.1) is 0 Å². The minimum atomic E-state index is -1.47. The fraction of sp³-hybridized carbons (Fsp3) is 0.400. The fourth-order valence-electron chi connectivity index (χ4n) is 0.768. The van der Waals surface area contributed by atoms with E-state index in [4.69, 9.17) is 5.11 Å². The van der Waals surface area contributed by atoms with Crippen LogP contribution < -0.4 is 0 Å². The van der Waals surface area contributed by atoms with Gasteiger partial charge in [0.1, 0.15) is 6.61 Å². The molecule has 2 N–H and O–H groups in total. The Hall–Kier alpha value is -1.66. The van der Waals surface area contributed by atoms with Crippen molar-refractivity contribution in [3.63, 3.8) is 0 Å². The highest BCUT2D eigenvalue weighted by Crippen LogP contribution is 2.01. The highest BCUT2D eigenvalue weighted by molar-refractivity contribution is 5.81. The summed E-state index contributed by atoms with van der Waals surface area (Å²) >= 11 is 0. The predicted molar refractivity (Wildman–Crippen MR) is 54.1 cm³/mol. The quantitative estimate of drug-likeness (QED) is 0.348. The highest BCUT2D eigenvalue weighted by Gasteiger charge is 2.15. The zero-order chi connectivity index (χ0) is 12.6. The molecule has 0 radical (unpaired) electrons. The fourth-order valence-corrected chi connectivity index (χ4v) is 0.768. The number of aliphatic hydroxyl groups is 2. The van der Waals surface area contributed by atoms with Gasteiger partial charge in [-0.15, -0.1) is 0 Å². The summed E-state index contributed by atoms with van der Waals surface area (Å²) in [5.74, 6) is -1.49. The maximum Gasteiger partial charge on any atom is 0.332 e. The van der Waals surface area contributed by atoms with E-state index in [1.165, 1.54) is 0 Å². The minimum Gasteiger partial charge on any atom is -0.460 e. The van der Waals surface area contributed by atoms with Crippen LogP contribution in [0.25, 0.3) is 0 Å². The Balaban J connectivity index is 3.81. The molecule has 0 fully saturated rings. The van der Waals surface area contributed by atoms with Gasteiger partial charge in [-0.2, -0.15) is 0 Å². The molecule has 2 atom stereocenters. The van der Waals surface area contributed by atoms with Crippen LogP contribution in [0.3, 0.4) is 0 Å². The van der Waals surface area contributed by atoms with E-state index in [2.05, 4.69) is 22.6 Å². The molecule has 0 aromatic carbocycles. The molecule has 2 unspecified atom stereocenters. The molecule has 6 nitrogen and oxygen atoms in total. The Morgan fingerprint density at radius 2 is 1.75 bits per heavy atom. The lowest BCUT2D eigenvalue weighted by Gasteiger charge is -2.15. The van der Waals surface area contributed by atoms with Crippen LogP contribution in [0.15, 0.2) is 25.3 Å². The molecule has 0 aliphatic heterocycles. The van der Waals surface area contributed by atoms with Crippen LogP contribution >= 0.6 is 0 Å². The molecule has 0 bridgehead atoms. The monoisotopic (exact) mass is 230 g/mol. The number of ether oxygens (including phenoxy) is 2. The molecule has 0 rings (SSSR count). The lowest BCUT2D eigenvalue weighted by atomic mass is 10.2. The van der Waals surface area contributed by atoms with Crippen LogP contribution in [-0.2, 0) is 19.1 Å². The second-order valence-corrected chi connectivity index (χ2v) is 2.82. The molecular weight excluding hydrogens is 216 g/mol. The first-order valence-corrected chi connectivity index (χ1v) is 4.48. The first kappa shape index (κ1) is 14.3. The Morgan fingerprint density at radius 1 is 1.19 bits per heavy atom. The zero-order valence-electron chi connectivity index (χ0n) is 8.67. The number of carbonyl (C=O) groups is 2. The first-order chi connectivity index (χ1) is 7.49. The van der Waals surface area contributed by atoms with E-state index in [1.807, 2.05) is 0 Å². The van der Waals surface area contributed by atoms with Gasteiger partial charge in [0.15, 0.2) is 0 Å². The molecule has 0 aromatic heterocycles. The van der Waals surface area contributed by atoms with Crippen molar-refractivity contribution in [3.8, 4) is 0 Å². The van der Waals surface area contributed by atoms with Crippen LogP contribution in [0.1, 0.15) is 6.42 Å². The van der Waals surface area contributed by atoms with Crippen molar-refractivity contribution in [2.75, 3.05) is 6.61 Å². The molecule has 0 heterocycles. The summed E-state index contributed by atoms with van der Waals surface area (Å²) in [7, 11) is 0. The average Bonchev–Trinajstić information content (AvgIpc) is 2.25. The third-order valence-electron chi connectivity index (χ3n) is 1.48.